The Morgan fingerprint density at radius 2 is 1.76 bits per heavy atom. The number of benzene rings is 1. The molecule has 0 saturated carbocycles. The number of hydrogen-bond acceptors (Lipinski definition) is 11. The van der Waals surface area contributed by atoms with Crippen LogP contribution in [0.25, 0.3) is 33.4 Å². The number of urea groups is 1. The number of carbonyl (C=O) groups excluding carboxylic acids is 4. The fraction of sp³-hybridized carbons (Fsp3) is 0.583. The van der Waals surface area contributed by atoms with E-state index in [1.165, 1.54) is 16.3 Å². The molecular weight excluding hydrogens is 959 g/mol. The van der Waals surface area contributed by atoms with Gasteiger partial charge in [-0.1, -0.05) is 33.8 Å². The van der Waals surface area contributed by atoms with Crippen molar-refractivity contribution in [2.75, 3.05) is 47.4 Å². The third-order valence-corrected chi connectivity index (χ3v) is 14.5. The summed E-state index contributed by atoms with van der Waals surface area (Å²) in [5.74, 6) is -1.47. The number of esters is 1. The van der Waals surface area contributed by atoms with E-state index in [1.807, 2.05) is 37.1 Å². The van der Waals surface area contributed by atoms with Gasteiger partial charge in [-0.05, 0) is 88.7 Å². The van der Waals surface area contributed by atoms with Gasteiger partial charge in [0.05, 0.1) is 34.8 Å². The highest BCUT2D eigenvalue weighted by molar-refractivity contribution is 7.59. The van der Waals surface area contributed by atoms with Gasteiger partial charge >= 0.3 is 12.0 Å². The highest BCUT2D eigenvalue weighted by Crippen LogP contribution is 2.42. The Bertz CT molecular complexity index is 2400. The van der Waals surface area contributed by atoms with Crippen molar-refractivity contribution < 1.29 is 28.7 Å². The second kappa shape index (κ2) is 23.6. The van der Waals surface area contributed by atoms with Crippen molar-refractivity contribution in [3.05, 3.63) is 58.2 Å². The standard InChI is InChI=1S/C48H65N9O6S.4H2S/c1-10-55-39-18-15-30-21-34(39)35(43(55)33-13-11-19-49-41(33)29(4)62-9)23-48(5,6)27-63-46(60)36-14-12-20-56(52-36)45(59)37(22-40-50-38(30)26-64-40)51-44(58)42(28(2)3)54(8)47(61)57-31-16-17-32(57)25-53(7)24-31;;;;/h11,13,15,18-19,21,26,28-29,31-32,36-37,42,52H,10,12,14,16-17,20,22-25,27H2,1-9H3,(H,51,58);4*1H2/t29-,31?,32?,36-,37-,42-;;;;/m0..../s1. The summed E-state index contributed by atoms with van der Waals surface area (Å²) in [7, 11) is 5.48. The minimum Gasteiger partial charge on any atom is -0.464 e. The Balaban J connectivity index is 0.00000252. The van der Waals surface area contributed by atoms with Crippen LogP contribution in [0.3, 0.4) is 0 Å². The fourth-order valence-corrected chi connectivity index (χ4v) is 11.3. The third-order valence-electron chi connectivity index (χ3n) is 13.7. The van der Waals surface area contributed by atoms with E-state index in [4.69, 9.17) is 19.4 Å². The number of rotatable bonds is 8. The SMILES string of the molecule is CCn1c(-c2cccnc2[C@H](C)OC)c2c3cc(ccc31)-c1csc(n1)C[C@H](NC(=O)[C@H](C(C)C)N(C)C(=O)N1C3CCC1CN(C)C3)C(=O)N1CCC[C@H](N1)C(=O)OCC(C)(C)C2.S.S.S.S. The molecule has 3 aromatic heterocycles. The zero-order valence-electron chi connectivity index (χ0n) is 40.8. The van der Waals surface area contributed by atoms with Crippen LogP contribution < -0.4 is 10.7 Å². The Hall–Kier alpha value is -3.50. The van der Waals surface area contributed by atoms with Gasteiger partial charge < -0.3 is 34.1 Å². The number of nitrogens with zero attached hydrogens (tertiary/aromatic N) is 7. The first kappa shape index (κ1) is 57.1. The van der Waals surface area contributed by atoms with Gasteiger partial charge in [-0.15, -0.1) is 11.3 Å². The minimum absolute atomic E-state index is 0. The first-order chi connectivity index (χ1) is 30.6. The number of aromatic nitrogens is 3. The smallest absolute Gasteiger partial charge is 0.324 e. The van der Waals surface area contributed by atoms with Crippen LogP contribution in [0.4, 0.5) is 4.79 Å². The number of methoxy groups -OCH3 is 1. The van der Waals surface area contributed by atoms with Crippen LogP contribution in [-0.4, -0.2) is 136 Å². The number of hydrogen-bond donors (Lipinski definition) is 2. The van der Waals surface area contributed by atoms with Crippen LogP contribution in [0.5, 0.6) is 0 Å². The summed E-state index contributed by atoms with van der Waals surface area (Å²) < 4.78 is 14.3. The molecule has 0 aliphatic carbocycles. The first-order valence-corrected chi connectivity index (χ1v) is 23.8. The number of aryl methyl sites for hydroxylation is 1. The summed E-state index contributed by atoms with van der Waals surface area (Å²) in [4.78, 5) is 73.0. The minimum atomic E-state index is -1.03. The molecule has 376 valence electrons. The molecule has 8 rings (SSSR count). The van der Waals surface area contributed by atoms with Crippen molar-refractivity contribution in [3.8, 4) is 22.5 Å². The third kappa shape index (κ3) is 11.5. The number of fused-ring (bicyclic) bond motifs is 8. The molecule has 3 fully saturated rings. The van der Waals surface area contributed by atoms with Gasteiger partial charge in [0.2, 0.25) is 5.91 Å². The molecule has 4 aliphatic rings. The molecule has 6 atom stereocenters. The lowest BCUT2D eigenvalue weighted by Gasteiger charge is -2.43. The summed E-state index contributed by atoms with van der Waals surface area (Å²) in [6.45, 7) is 15.0. The number of likely N-dealkylation sites (tertiary alicyclic amines) is 1. The molecule has 8 bridgehead atoms. The van der Waals surface area contributed by atoms with Crippen LogP contribution >= 0.6 is 65.3 Å². The number of pyridine rings is 1. The maximum absolute atomic E-state index is 14.7. The Kier molecular flexibility index (Phi) is 19.8. The zero-order valence-corrected chi connectivity index (χ0v) is 45.7. The van der Waals surface area contributed by atoms with Crippen LogP contribution in [0.2, 0.25) is 0 Å². The van der Waals surface area contributed by atoms with Crippen molar-refractivity contribution in [2.45, 2.75) is 123 Å². The largest absolute Gasteiger partial charge is 0.464 e. The number of piperazine rings is 1. The molecule has 1 aromatic carbocycles. The molecule has 68 heavy (non-hydrogen) atoms. The van der Waals surface area contributed by atoms with E-state index < -0.39 is 35.4 Å². The monoisotopic (exact) mass is 1030 g/mol. The summed E-state index contributed by atoms with van der Waals surface area (Å²) in [6, 6.07) is 7.91. The molecule has 7 heterocycles. The molecule has 0 spiro atoms. The maximum atomic E-state index is 14.7. The molecule has 4 aliphatic heterocycles. The van der Waals surface area contributed by atoms with E-state index in [-0.39, 0.29) is 103 Å². The summed E-state index contributed by atoms with van der Waals surface area (Å²) >= 11 is 1.44. The van der Waals surface area contributed by atoms with E-state index in [1.54, 1.807) is 25.3 Å². The van der Waals surface area contributed by atoms with E-state index in [0.717, 1.165) is 70.6 Å². The fourth-order valence-electron chi connectivity index (χ4n) is 10.5. The average molecular weight is 1030 g/mol. The van der Waals surface area contributed by atoms with Gasteiger partial charge in [0.1, 0.15) is 18.1 Å². The predicted molar refractivity (Wildman–Crippen MR) is 289 cm³/mol. The first-order valence-electron chi connectivity index (χ1n) is 22.9. The van der Waals surface area contributed by atoms with Crippen LogP contribution in [-0.2, 0) is 43.2 Å². The van der Waals surface area contributed by atoms with Crippen LogP contribution in [0, 0.1) is 11.3 Å². The van der Waals surface area contributed by atoms with Crippen LogP contribution in [0.1, 0.15) is 89.6 Å². The van der Waals surface area contributed by atoms with Crippen molar-refractivity contribution in [1.29, 1.82) is 0 Å². The lowest BCUT2D eigenvalue weighted by atomic mass is 9.84. The average Bonchev–Trinajstić information content (AvgIpc) is 3.95. The zero-order chi connectivity index (χ0) is 45.6. The summed E-state index contributed by atoms with van der Waals surface area (Å²) in [5, 5.41) is 8.28. The lowest BCUT2D eigenvalue weighted by Crippen LogP contribution is -2.63. The number of likely N-dealkylation sites (N-methyl/N-ethyl adjacent to an activating group) is 2. The summed E-state index contributed by atoms with van der Waals surface area (Å²) in [6.07, 6.45) is 5.21. The molecule has 0 radical (unpaired) electrons. The number of carbonyl (C=O) groups is 4. The van der Waals surface area contributed by atoms with Crippen molar-refractivity contribution in [2.24, 2.45) is 11.3 Å². The highest BCUT2D eigenvalue weighted by atomic mass is 32.1. The molecule has 2 N–H and O–H groups in total. The lowest BCUT2D eigenvalue weighted by molar-refractivity contribution is -0.155. The number of nitrogens with one attached hydrogen (secondary N) is 2. The molecule has 15 nitrogen and oxygen atoms in total. The number of amides is 4. The molecule has 2 unspecified atom stereocenters. The van der Waals surface area contributed by atoms with Crippen molar-refractivity contribution >= 4 is 100 Å². The number of hydrazine groups is 1. The molecular formula is C48H73N9O6S5. The van der Waals surface area contributed by atoms with Crippen molar-refractivity contribution in [1.82, 2.24) is 45.0 Å². The maximum Gasteiger partial charge on any atom is 0.324 e. The summed E-state index contributed by atoms with van der Waals surface area (Å²) in [5.41, 5.74) is 9.44. The molecule has 20 heteroatoms. The number of cyclic esters (lactones) is 1. The normalized spacial score (nSPS) is 22.4. The van der Waals surface area contributed by atoms with Gasteiger partial charge in [-0.25, -0.2) is 15.2 Å². The van der Waals surface area contributed by atoms with Gasteiger partial charge in [-0.2, -0.15) is 54.0 Å². The predicted octanol–water partition coefficient (Wildman–Crippen LogP) is 6.51. The quantitative estimate of drug-likeness (QED) is 0.187. The number of ether oxygens (including phenoxy) is 2. The second-order valence-electron chi connectivity index (χ2n) is 19.4. The Morgan fingerprint density at radius 3 is 2.43 bits per heavy atom. The van der Waals surface area contributed by atoms with Gasteiger partial charge in [0.15, 0.2) is 0 Å². The van der Waals surface area contributed by atoms with E-state index in [2.05, 4.69) is 72.3 Å². The van der Waals surface area contributed by atoms with E-state index in [0.29, 0.717) is 37.4 Å². The molecule has 4 aromatic rings. The highest BCUT2D eigenvalue weighted by Gasteiger charge is 2.45. The molecule has 3 saturated heterocycles. The Labute approximate surface area is 433 Å². The second-order valence-corrected chi connectivity index (χ2v) is 20.3. The van der Waals surface area contributed by atoms with Crippen molar-refractivity contribution in [3.63, 3.8) is 0 Å². The van der Waals surface area contributed by atoms with Crippen LogP contribution in [0.15, 0.2) is 41.9 Å². The topological polar surface area (TPSA) is 154 Å². The van der Waals surface area contributed by atoms with E-state index >= 15 is 0 Å². The van der Waals surface area contributed by atoms with Gasteiger partial charge in [0.25, 0.3) is 5.91 Å². The number of thiazole rings is 1. The van der Waals surface area contributed by atoms with E-state index in [9.17, 15) is 19.2 Å². The Morgan fingerprint density at radius 1 is 1.06 bits per heavy atom. The van der Waals surface area contributed by atoms with Gasteiger partial charge in [-0.3, -0.25) is 24.4 Å². The van der Waals surface area contributed by atoms with Gasteiger partial charge in [0, 0.05) is 97.9 Å². The molecule has 4 amide bonds.